The first-order valence-electron chi connectivity index (χ1n) is 16.7. The molecule has 0 fully saturated rings. The summed E-state index contributed by atoms with van der Waals surface area (Å²) < 4.78 is 4.92. The van der Waals surface area contributed by atoms with Crippen molar-refractivity contribution in [2.24, 2.45) is 5.10 Å². The fourth-order valence-electron chi connectivity index (χ4n) is 6.94. The highest BCUT2D eigenvalue weighted by Crippen LogP contribution is 2.41. The van der Waals surface area contributed by atoms with Gasteiger partial charge in [0.05, 0.1) is 41.5 Å². The van der Waals surface area contributed by atoms with Crippen LogP contribution in [0.3, 0.4) is 0 Å². The Morgan fingerprint density at radius 2 is 1.39 bits per heavy atom. The number of rotatable bonds is 7. The van der Waals surface area contributed by atoms with Crippen molar-refractivity contribution in [3.8, 4) is 22.4 Å². The van der Waals surface area contributed by atoms with Crippen LogP contribution in [0.5, 0.6) is 0 Å². The Bertz CT molecular complexity index is 2170. The predicted molar refractivity (Wildman–Crippen MR) is 198 cm³/mol. The number of allylic oxidation sites excluding steroid dienone is 1. The third-order valence-electron chi connectivity index (χ3n) is 9.46. The lowest BCUT2D eigenvalue weighted by molar-refractivity contribution is 0.0600. The smallest absolute Gasteiger partial charge is 0.337 e. The molecule has 238 valence electrons. The first kappa shape index (κ1) is 30.3. The van der Waals surface area contributed by atoms with E-state index in [-0.39, 0.29) is 12.0 Å². The summed E-state index contributed by atoms with van der Waals surface area (Å²) >= 11 is 0. The lowest BCUT2D eigenvalue weighted by Crippen LogP contribution is -2.18. The molecule has 0 N–H and O–H groups in total. The Morgan fingerprint density at radius 1 is 0.735 bits per heavy atom. The normalized spacial score (nSPS) is 16.0. The van der Waals surface area contributed by atoms with E-state index in [1.54, 1.807) is 0 Å². The highest BCUT2D eigenvalue weighted by molar-refractivity contribution is 6.03. The molecule has 1 atom stereocenters. The van der Waals surface area contributed by atoms with Crippen LogP contribution in [0.4, 0.5) is 5.69 Å². The van der Waals surface area contributed by atoms with Gasteiger partial charge < -0.3 is 4.74 Å². The Balaban J connectivity index is 1.14. The molecule has 49 heavy (non-hydrogen) atoms. The Kier molecular flexibility index (Phi) is 8.16. The molecule has 1 aliphatic carbocycles. The van der Waals surface area contributed by atoms with Crippen molar-refractivity contribution < 1.29 is 9.53 Å². The number of carbonyl (C=O) groups excluding carboxylic acids is 1. The molecule has 1 aliphatic heterocycles. The van der Waals surface area contributed by atoms with Gasteiger partial charge in [-0.25, -0.2) is 9.78 Å². The van der Waals surface area contributed by atoms with Gasteiger partial charge in [-0.15, -0.1) is 0 Å². The summed E-state index contributed by atoms with van der Waals surface area (Å²) in [5.74, 6) is -0.337. The lowest BCUT2D eigenvalue weighted by Gasteiger charge is -2.24. The number of methoxy groups -OCH3 is 1. The van der Waals surface area contributed by atoms with Crippen molar-refractivity contribution in [3.63, 3.8) is 0 Å². The number of nitrogens with zero attached hydrogens (tertiary/aromatic N) is 3. The van der Waals surface area contributed by atoms with Crippen LogP contribution in [0.1, 0.15) is 57.2 Å². The van der Waals surface area contributed by atoms with E-state index in [1.165, 1.54) is 23.8 Å². The molecule has 8 rings (SSSR count). The number of ether oxygens (including phenoxy) is 1. The molecule has 0 spiro atoms. The molecule has 0 saturated heterocycles. The summed E-state index contributed by atoms with van der Waals surface area (Å²) in [5, 5.41) is 7.32. The molecule has 6 aromatic rings. The number of fused-ring (bicyclic) bond motifs is 1. The van der Waals surface area contributed by atoms with Gasteiger partial charge in [0.1, 0.15) is 0 Å². The Hall–Kier alpha value is -6.07. The summed E-state index contributed by atoms with van der Waals surface area (Å²) in [6.45, 7) is 0. The number of carbonyl (C=O) groups is 1. The van der Waals surface area contributed by atoms with Crippen LogP contribution in [0.2, 0.25) is 0 Å². The SMILES string of the molecule is COC(=O)c1ccc(-c2cc(-c3ccccc3)nc3c2CC/C3=C\c2ccc(N3N=C(c4ccccc4)C[C@@H]3c3ccccc3)cc2)cc1. The van der Waals surface area contributed by atoms with E-state index in [1.807, 2.05) is 48.5 Å². The molecule has 0 unspecified atom stereocenters. The van der Waals surface area contributed by atoms with E-state index in [0.29, 0.717) is 5.56 Å². The van der Waals surface area contributed by atoms with Gasteiger partial charge in [-0.3, -0.25) is 5.01 Å². The number of pyridine rings is 1. The van der Waals surface area contributed by atoms with E-state index in [9.17, 15) is 4.79 Å². The van der Waals surface area contributed by atoms with Crippen LogP contribution < -0.4 is 5.01 Å². The van der Waals surface area contributed by atoms with Crippen molar-refractivity contribution in [1.82, 2.24) is 4.98 Å². The average Bonchev–Trinajstić information content (AvgIpc) is 3.81. The molecule has 2 aliphatic rings. The van der Waals surface area contributed by atoms with Crippen molar-refractivity contribution in [2.45, 2.75) is 25.3 Å². The minimum Gasteiger partial charge on any atom is -0.465 e. The average molecular weight is 638 g/mol. The van der Waals surface area contributed by atoms with Crippen LogP contribution in [-0.2, 0) is 11.2 Å². The maximum absolute atomic E-state index is 12.1. The van der Waals surface area contributed by atoms with Gasteiger partial charge in [0.15, 0.2) is 0 Å². The summed E-state index contributed by atoms with van der Waals surface area (Å²) in [5.41, 5.74) is 13.9. The number of benzene rings is 5. The van der Waals surface area contributed by atoms with E-state index >= 15 is 0 Å². The third kappa shape index (κ3) is 6.07. The molecule has 0 amide bonds. The van der Waals surface area contributed by atoms with Crippen molar-refractivity contribution in [3.05, 3.63) is 179 Å². The van der Waals surface area contributed by atoms with Crippen LogP contribution in [0.15, 0.2) is 151 Å². The lowest BCUT2D eigenvalue weighted by atomic mass is 9.96. The molecule has 5 nitrogen and oxygen atoms in total. The standard InChI is InChI=1S/C44H35N3O2/c1-49-44(48)35-21-19-31(20-22-35)39-28-40(32-11-5-2-6-12-32)45-43-36(23-26-38(39)43)27-30-17-24-37(25-18-30)47-42(34-15-9-4-10-16-34)29-41(46-47)33-13-7-3-8-14-33/h2-22,24-25,27-28,42H,23,26,29H2,1H3/b36-27+/t42-/m1/s1. The molecule has 5 heteroatoms. The number of aromatic nitrogens is 1. The number of hydrogen-bond donors (Lipinski definition) is 0. The first-order chi connectivity index (χ1) is 24.1. The molecular formula is C44H35N3O2. The fraction of sp³-hybridized carbons (Fsp3) is 0.114. The summed E-state index contributed by atoms with van der Waals surface area (Å²) in [4.78, 5) is 17.3. The van der Waals surface area contributed by atoms with Gasteiger partial charge in [0.25, 0.3) is 0 Å². The summed E-state index contributed by atoms with van der Waals surface area (Å²) in [6.07, 6.45) is 4.93. The second-order valence-corrected chi connectivity index (χ2v) is 12.5. The number of anilines is 1. The maximum Gasteiger partial charge on any atom is 0.337 e. The fourth-order valence-corrected chi connectivity index (χ4v) is 6.94. The number of esters is 1. The first-order valence-corrected chi connectivity index (χ1v) is 16.7. The van der Waals surface area contributed by atoms with Crippen LogP contribution >= 0.6 is 0 Å². The molecule has 2 heterocycles. The summed E-state index contributed by atoms with van der Waals surface area (Å²) in [7, 11) is 1.41. The largest absolute Gasteiger partial charge is 0.465 e. The van der Waals surface area contributed by atoms with Gasteiger partial charge >= 0.3 is 5.97 Å². The minimum absolute atomic E-state index is 0.128. The van der Waals surface area contributed by atoms with E-state index in [2.05, 4.69) is 108 Å². The predicted octanol–water partition coefficient (Wildman–Crippen LogP) is 10.0. The Labute approximate surface area is 286 Å². The Morgan fingerprint density at radius 3 is 2.06 bits per heavy atom. The quantitative estimate of drug-likeness (QED) is 0.164. The van der Waals surface area contributed by atoms with E-state index in [4.69, 9.17) is 14.8 Å². The molecule has 0 radical (unpaired) electrons. The van der Waals surface area contributed by atoms with Crippen molar-refractivity contribution >= 4 is 29.0 Å². The maximum atomic E-state index is 12.1. The molecular weight excluding hydrogens is 603 g/mol. The van der Waals surface area contributed by atoms with Crippen molar-refractivity contribution in [2.75, 3.05) is 12.1 Å². The second kappa shape index (κ2) is 13.2. The van der Waals surface area contributed by atoms with Crippen LogP contribution in [0, 0.1) is 0 Å². The summed E-state index contributed by atoms with van der Waals surface area (Å²) in [6, 6.07) is 50.1. The van der Waals surface area contributed by atoms with Crippen molar-refractivity contribution in [1.29, 1.82) is 0 Å². The zero-order chi connectivity index (χ0) is 33.2. The number of hydrazone groups is 1. The monoisotopic (exact) mass is 637 g/mol. The second-order valence-electron chi connectivity index (χ2n) is 12.5. The molecule has 5 aromatic carbocycles. The van der Waals surface area contributed by atoms with Crippen LogP contribution in [0.25, 0.3) is 34.0 Å². The zero-order valence-electron chi connectivity index (χ0n) is 27.3. The van der Waals surface area contributed by atoms with Gasteiger partial charge in [-0.1, -0.05) is 115 Å². The van der Waals surface area contributed by atoms with Gasteiger partial charge in [0.2, 0.25) is 0 Å². The van der Waals surface area contributed by atoms with E-state index < -0.39 is 0 Å². The third-order valence-corrected chi connectivity index (χ3v) is 9.46. The van der Waals surface area contributed by atoms with Gasteiger partial charge in [0, 0.05) is 12.0 Å². The molecule has 0 bridgehead atoms. The molecule has 1 aromatic heterocycles. The van der Waals surface area contributed by atoms with Crippen LogP contribution in [-0.4, -0.2) is 23.8 Å². The highest BCUT2D eigenvalue weighted by atomic mass is 16.5. The van der Waals surface area contributed by atoms with Gasteiger partial charge in [-0.2, -0.15) is 5.10 Å². The molecule has 0 saturated carbocycles. The number of hydrogen-bond acceptors (Lipinski definition) is 5. The van der Waals surface area contributed by atoms with Gasteiger partial charge in [-0.05, 0) is 88.2 Å². The minimum atomic E-state index is -0.337. The topological polar surface area (TPSA) is 54.8 Å². The van der Waals surface area contributed by atoms with E-state index in [0.717, 1.165) is 69.9 Å². The zero-order valence-corrected chi connectivity index (χ0v) is 27.3. The highest BCUT2D eigenvalue weighted by Gasteiger charge is 2.30.